The van der Waals surface area contributed by atoms with Crippen LogP contribution in [-0.2, 0) is 0 Å². The van der Waals surface area contributed by atoms with Gasteiger partial charge < -0.3 is 19.5 Å². The smallest absolute Gasteiger partial charge is 0.289 e. The number of piperazine rings is 1. The Morgan fingerprint density at radius 3 is 2.62 bits per heavy atom. The molecule has 3 aromatic rings. The fraction of sp³-hybridized carbons (Fsp3) is 0.316. The Labute approximate surface area is 151 Å². The topological polar surface area (TPSA) is 74.5 Å². The molecule has 0 radical (unpaired) electrons. The summed E-state index contributed by atoms with van der Waals surface area (Å²) in [5.41, 5.74) is 0.741. The largest absolute Gasteiger partial charge is 0.451 e. The zero-order valence-corrected chi connectivity index (χ0v) is 14.7. The lowest BCUT2D eigenvalue weighted by Crippen LogP contribution is -2.49. The minimum absolute atomic E-state index is 0.0607. The van der Waals surface area contributed by atoms with Gasteiger partial charge in [0.25, 0.3) is 5.91 Å². The van der Waals surface area contributed by atoms with Crippen LogP contribution in [-0.4, -0.2) is 53.7 Å². The van der Waals surface area contributed by atoms with Crippen LogP contribution in [0.2, 0.25) is 0 Å². The van der Waals surface area contributed by atoms with Crippen LogP contribution < -0.4 is 10.2 Å². The molecule has 1 aromatic carbocycles. The summed E-state index contributed by atoms with van der Waals surface area (Å²) in [5.74, 6) is 1.95. The molecule has 0 saturated carbocycles. The first-order valence-corrected chi connectivity index (χ1v) is 8.85. The molecule has 7 heteroatoms. The number of benzene rings is 1. The van der Waals surface area contributed by atoms with Crippen molar-refractivity contribution in [2.24, 2.45) is 0 Å². The first kappa shape index (κ1) is 16.4. The van der Waals surface area contributed by atoms with Crippen LogP contribution in [0.5, 0.6) is 0 Å². The van der Waals surface area contributed by atoms with Crippen molar-refractivity contribution in [2.75, 3.05) is 42.9 Å². The van der Waals surface area contributed by atoms with Gasteiger partial charge in [-0.1, -0.05) is 18.2 Å². The van der Waals surface area contributed by atoms with Crippen LogP contribution in [0.4, 0.5) is 11.6 Å². The SMILES string of the molecule is CCNc1ccc(N2CCN(C(=O)c3cc4ccccc4o3)CC2)nn1. The summed E-state index contributed by atoms with van der Waals surface area (Å²) in [6.07, 6.45) is 0. The van der Waals surface area contributed by atoms with Gasteiger partial charge in [0.2, 0.25) is 0 Å². The molecule has 4 rings (SSSR count). The molecule has 26 heavy (non-hydrogen) atoms. The van der Waals surface area contributed by atoms with Crippen molar-refractivity contribution in [3.8, 4) is 0 Å². The number of fused-ring (bicyclic) bond motifs is 1. The van der Waals surface area contributed by atoms with E-state index in [2.05, 4.69) is 20.4 Å². The molecule has 0 bridgehead atoms. The summed E-state index contributed by atoms with van der Waals surface area (Å²) in [7, 11) is 0. The molecule has 1 aliphatic heterocycles. The van der Waals surface area contributed by atoms with Gasteiger partial charge in [-0.05, 0) is 31.2 Å². The lowest BCUT2D eigenvalue weighted by molar-refractivity contribution is 0.0717. The zero-order valence-electron chi connectivity index (χ0n) is 14.7. The first-order valence-electron chi connectivity index (χ1n) is 8.85. The quantitative estimate of drug-likeness (QED) is 0.779. The molecule has 1 saturated heterocycles. The summed E-state index contributed by atoms with van der Waals surface area (Å²) < 4.78 is 5.70. The molecular formula is C19H21N5O2. The summed E-state index contributed by atoms with van der Waals surface area (Å²) in [5, 5.41) is 12.5. The molecule has 3 heterocycles. The molecule has 1 N–H and O–H groups in total. The van der Waals surface area contributed by atoms with Gasteiger partial charge in [0.1, 0.15) is 11.4 Å². The highest BCUT2D eigenvalue weighted by atomic mass is 16.3. The second kappa shape index (κ2) is 7.03. The Kier molecular flexibility index (Phi) is 4.43. The third-order valence-electron chi connectivity index (χ3n) is 4.54. The van der Waals surface area contributed by atoms with E-state index in [0.29, 0.717) is 18.8 Å². The number of amides is 1. The van der Waals surface area contributed by atoms with E-state index in [-0.39, 0.29) is 5.91 Å². The van der Waals surface area contributed by atoms with E-state index in [0.717, 1.165) is 42.2 Å². The van der Waals surface area contributed by atoms with Crippen molar-refractivity contribution in [1.82, 2.24) is 15.1 Å². The van der Waals surface area contributed by atoms with Gasteiger partial charge in [0.05, 0.1) is 0 Å². The minimum atomic E-state index is -0.0607. The second-order valence-electron chi connectivity index (χ2n) is 6.23. The third-order valence-corrected chi connectivity index (χ3v) is 4.54. The van der Waals surface area contributed by atoms with Crippen LogP contribution in [0.15, 0.2) is 46.9 Å². The Bertz CT molecular complexity index is 865. The average Bonchev–Trinajstić information content (AvgIpc) is 3.13. The number of nitrogens with zero attached hydrogens (tertiary/aromatic N) is 4. The number of rotatable bonds is 4. The Balaban J connectivity index is 1.40. The van der Waals surface area contributed by atoms with Crippen molar-refractivity contribution >= 4 is 28.5 Å². The maximum absolute atomic E-state index is 12.7. The summed E-state index contributed by atoms with van der Waals surface area (Å²) in [6, 6.07) is 13.4. The van der Waals surface area contributed by atoms with Gasteiger partial charge in [-0.3, -0.25) is 4.79 Å². The number of hydrogen-bond acceptors (Lipinski definition) is 6. The maximum Gasteiger partial charge on any atom is 0.289 e. The molecule has 0 aliphatic carbocycles. The molecule has 2 aromatic heterocycles. The molecule has 0 atom stereocenters. The van der Waals surface area contributed by atoms with Gasteiger partial charge in [0, 0.05) is 38.1 Å². The second-order valence-corrected chi connectivity index (χ2v) is 6.23. The van der Waals surface area contributed by atoms with Crippen molar-refractivity contribution in [2.45, 2.75) is 6.92 Å². The molecule has 7 nitrogen and oxygen atoms in total. The van der Waals surface area contributed by atoms with Crippen LogP contribution >= 0.6 is 0 Å². The van der Waals surface area contributed by atoms with Gasteiger partial charge in [-0.25, -0.2) is 0 Å². The van der Waals surface area contributed by atoms with E-state index < -0.39 is 0 Å². The number of carbonyl (C=O) groups excluding carboxylic acids is 1. The van der Waals surface area contributed by atoms with Crippen LogP contribution in [0.3, 0.4) is 0 Å². The van der Waals surface area contributed by atoms with Gasteiger partial charge in [-0.15, -0.1) is 10.2 Å². The van der Waals surface area contributed by atoms with E-state index in [4.69, 9.17) is 4.42 Å². The highest BCUT2D eigenvalue weighted by Crippen LogP contribution is 2.21. The third kappa shape index (κ3) is 3.20. The predicted octanol–water partition coefficient (Wildman–Crippen LogP) is 2.62. The van der Waals surface area contributed by atoms with Crippen molar-refractivity contribution < 1.29 is 9.21 Å². The number of para-hydroxylation sites is 1. The fourth-order valence-corrected chi connectivity index (χ4v) is 3.15. The van der Waals surface area contributed by atoms with Crippen molar-refractivity contribution in [3.63, 3.8) is 0 Å². The molecule has 134 valence electrons. The summed E-state index contributed by atoms with van der Waals surface area (Å²) in [4.78, 5) is 16.7. The van der Waals surface area contributed by atoms with Crippen LogP contribution in [0, 0.1) is 0 Å². The van der Waals surface area contributed by atoms with E-state index >= 15 is 0 Å². The summed E-state index contributed by atoms with van der Waals surface area (Å²) in [6.45, 7) is 5.55. The van der Waals surface area contributed by atoms with Gasteiger partial charge >= 0.3 is 0 Å². The lowest BCUT2D eigenvalue weighted by Gasteiger charge is -2.34. The normalized spacial score (nSPS) is 14.7. The minimum Gasteiger partial charge on any atom is -0.451 e. The average molecular weight is 351 g/mol. The van der Waals surface area contributed by atoms with Crippen LogP contribution in [0.25, 0.3) is 11.0 Å². The highest BCUT2D eigenvalue weighted by molar-refractivity contribution is 5.96. The van der Waals surface area contributed by atoms with Gasteiger partial charge in [0.15, 0.2) is 11.6 Å². The van der Waals surface area contributed by atoms with E-state index in [1.165, 1.54) is 0 Å². The van der Waals surface area contributed by atoms with E-state index in [1.54, 1.807) is 0 Å². The highest BCUT2D eigenvalue weighted by Gasteiger charge is 2.25. The molecular weight excluding hydrogens is 330 g/mol. The number of nitrogens with one attached hydrogen (secondary N) is 1. The van der Waals surface area contributed by atoms with Crippen molar-refractivity contribution in [1.29, 1.82) is 0 Å². The Hall–Kier alpha value is -3.09. The molecule has 0 spiro atoms. The number of anilines is 2. The van der Waals surface area contributed by atoms with Crippen LogP contribution in [0.1, 0.15) is 17.5 Å². The molecule has 0 unspecified atom stereocenters. The predicted molar refractivity (Wildman–Crippen MR) is 101 cm³/mol. The Morgan fingerprint density at radius 1 is 1.12 bits per heavy atom. The fourth-order valence-electron chi connectivity index (χ4n) is 3.15. The zero-order chi connectivity index (χ0) is 17.9. The van der Waals surface area contributed by atoms with E-state index in [9.17, 15) is 4.79 Å². The molecule has 1 fully saturated rings. The monoisotopic (exact) mass is 351 g/mol. The molecule has 1 aliphatic rings. The molecule has 1 amide bonds. The standard InChI is InChI=1S/C19H21N5O2/c1-2-20-17-7-8-18(22-21-17)23-9-11-24(12-10-23)19(25)16-13-14-5-3-4-6-15(14)26-16/h3-8,13H,2,9-12H2,1H3,(H,20,21). The van der Waals surface area contributed by atoms with Crippen molar-refractivity contribution in [3.05, 3.63) is 48.2 Å². The first-order chi connectivity index (χ1) is 12.7. The summed E-state index contributed by atoms with van der Waals surface area (Å²) >= 11 is 0. The van der Waals surface area contributed by atoms with Gasteiger partial charge in [-0.2, -0.15) is 0 Å². The number of aromatic nitrogens is 2. The lowest BCUT2D eigenvalue weighted by atomic mass is 10.2. The maximum atomic E-state index is 12.7. The number of carbonyl (C=O) groups is 1. The van der Waals surface area contributed by atoms with E-state index in [1.807, 2.05) is 54.3 Å². The number of hydrogen-bond donors (Lipinski definition) is 1. The number of furan rings is 1. The Morgan fingerprint density at radius 2 is 1.92 bits per heavy atom.